The average Bonchev–Trinajstić information content (AvgIpc) is 2.98. The van der Waals surface area contributed by atoms with Gasteiger partial charge in [0, 0.05) is 75.9 Å². The smallest absolute Gasteiger partial charge is 0.227 e. The first-order valence-electron chi connectivity index (χ1n) is 13.0. The summed E-state index contributed by atoms with van der Waals surface area (Å²) in [5, 5.41) is 7.52. The van der Waals surface area contributed by atoms with Crippen molar-refractivity contribution in [3.8, 4) is 17.1 Å². The molecule has 2 aliphatic heterocycles. The fraction of sp³-hybridized carbons (Fsp3) is 0.370. The third-order valence-corrected chi connectivity index (χ3v) is 6.70. The van der Waals surface area contributed by atoms with Gasteiger partial charge in [-0.3, -0.25) is 14.9 Å². The zero-order valence-corrected chi connectivity index (χ0v) is 21.2. The molecular formula is C27H31N9O2. The summed E-state index contributed by atoms with van der Waals surface area (Å²) in [6.45, 7) is 8.77. The van der Waals surface area contributed by atoms with Crippen molar-refractivity contribution in [1.82, 2.24) is 35.1 Å². The predicted molar refractivity (Wildman–Crippen MR) is 146 cm³/mol. The molecule has 0 saturated carbocycles. The van der Waals surface area contributed by atoms with Gasteiger partial charge in [0.25, 0.3) is 0 Å². The van der Waals surface area contributed by atoms with Crippen molar-refractivity contribution >= 4 is 28.4 Å². The third kappa shape index (κ3) is 5.80. The van der Waals surface area contributed by atoms with Gasteiger partial charge in [-0.05, 0) is 24.3 Å². The second-order valence-electron chi connectivity index (χ2n) is 9.24. The summed E-state index contributed by atoms with van der Waals surface area (Å²) in [6, 6.07) is 9.70. The molecule has 2 fully saturated rings. The Balaban J connectivity index is 1.17. The SMILES string of the molecule is c1cc(OCCN2CCOCC2)cc(-c2nccc3cnc(Nc4ccc(N5CCNCC5)nc4)nc23)n1. The molecule has 0 amide bonds. The standard InChI is InChI=1S/C27H31N9O2/c1-2-24(36-9-7-28-8-10-36)31-19-21(1)33-27-32-18-20-3-5-30-26(25(20)34-27)23-17-22(4-6-29-23)38-16-13-35-11-14-37-15-12-35/h1-6,17-19,28H,7-16H2,(H,32,33,34). The number of fused-ring (bicyclic) bond motifs is 1. The van der Waals surface area contributed by atoms with Crippen LogP contribution in [-0.2, 0) is 4.74 Å². The first-order chi connectivity index (χ1) is 18.8. The zero-order chi connectivity index (χ0) is 25.6. The van der Waals surface area contributed by atoms with Gasteiger partial charge in [-0.1, -0.05) is 0 Å². The number of hydrogen-bond donors (Lipinski definition) is 2. The van der Waals surface area contributed by atoms with E-state index in [9.17, 15) is 0 Å². The maximum absolute atomic E-state index is 6.03. The van der Waals surface area contributed by atoms with Crippen LogP contribution in [0.3, 0.4) is 0 Å². The molecule has 0 atom stereocenters. The Kier molecular flexibility index (Phi) is 7.47. The molecule has 4 aromatic rings. The minimum Gasteiger partial charge on any atom is -0.492 e. The van der Waals surface area contributed by atoms with E-state index in [1.165, 1.54) is 0 Å². The highest BCUT2D eigenvalue weighted by atomic mass is 16.5. The lowest BCUT2D eigenvalue weighted by atomic mass is 10.2. The fourth-order valence-electron chi connectivity index (χ4n) is 4.62. The molecule has 0 radical (unpaired) electrons. The van der Waals surface area contributed by atoms with Crippen LogP contribution in [0.25, 0.3) is 22.3 Å². The molecular weight excluding hydrogens is 482 g/mol. The second-order valence-corrected chi connectivity index (χ2v) is 9.24. The summed E-state index contributed by atoms with van der Waals surface area (Å²) in [5.41, 5.74) is 2.92. The van der Waals surface area contributed by atoms with Gasteiger partial charge in [0.2, 0.25) is 5.95 Å². The normalized spacial score (nSPS) is 16.5. The molecule has 2 N–H and O–H groups in total. The average molecular weight is 514 g/mol. The molecule has 38 heavy (non-hydrogen) atoms. The van der Waals surface area contributed by atoms with Crippen molar-refractivity contribution in [1.29, 1.82) is 0 Å². The molecule has 4 aromatic heterocycles. The van der Waals surface area contributed by atoms with Gasteiger partial charge in [0.1, 0.15) is 29.4 Å². The molecule has 0 aromatic carbocycles. The van der Waals surface area contributed by atoms with Crippen LogP contribution in [-0.4, -0.2) is 95.5 Å². The Labute approximate surface area is 221 Å². The molecule has 0 spiro atoms. The van der Waals surface area contributed by atoms with Crippen molar-refractivity contribution < 1.29 is 9.47 Å². The largest absolute Gasteiger partial charge is 0.492 e. The number of pyridine rings is 3. The minimum atomic E-state index is 0.474. The molecule has 11 heteroatoms. The summed E-state index contributed by atoms with van der Waals surface area (Å²) in [6.07, 6.45) is 7.10. The quantitative estimate of drug-likeness (QED) is 0.362. The zero-order valence-electron chi connectivity index (χ0n) is 21.2. The van der Waals surface area contributed by atoms with E-state index < -0.39 is 0 Å². The third-order valence-electron chi connectivity index (χ3n) is 6.70. The second kappa shape index (κ2) is 11.6. The molecule has 196 valence electrons. The van der Waals surface area contributed by atoms with Crippen LogP contribution in [0.5, 0.6) is 5.75 Å². The Morgan fingerprint density at radius 1 is 0.921 bits per heavy atom. The van der Waals surface area contributed by atoms with Gasteiger partial charge in [-0.15, -0.1) is 0 Å². The molecule has 0 aliphatic carbocycles. The van der Waals surface area contributed by atoms with Gasteiger partial charge in [0.15, 0.2) is 0 Å². The monoisotopic (exact) mass is 513 g/mol. The lowest BCUT2D eigenvalue weighted by molar-refractivity contribution is 0.0322. The number of ether oxygens (including phenoxy) is 2. The van der Waals surface area contributed by atoms with Crippen LogP contribution in [0.15, 0.2) is 55.1 Å². The van der Waals surface area contributed by atoms with Crippen LogP contribution in [0, 0.1) is 0 Å². The van der Waals surface area contributed by atoms with Crippen molar-refractivity contribution in [2.24, 2.45) is 0 Å². The van der Waals surface area contributed by atoms with E-state index in [-0.39, 0.29) is 0 Å². The predicted octanol–water partition coefficient (Wildman–Crippen LogP) is 2.35. The Hall–Kier alpha value is -3.93. The Morgan fingerprint density at radius 2 is 1.79 bits per heavy atom. The molecule has 2 aliphatic rings. The molecule has 11 nitrogen and oxygen atoms in total. The fourth-order valence-corrected chi connectivity index (χ4v) is 4.62. The Morgan fingerprint density at radius 3 is 2.63 bits per heavy atom. The number of piperazine rings is 1. The van der Waals surface area contributed by atoms with E-state index in [2.05, 4.69) is 40.4 Å². The molecule has 6 heterocycles. The maximum Gasteiger partial charge on any atom is 0.227 e. The number of rotatable bonds is 8. The van der Waals surface area contributed by atoms with Gasteiger partial charge >= 0.3 is 0 Å². The number of nitrogens with zero attached hydrogens (tertiary/aromatic N) is 7. The topological polar surface area (TPSA) is 113 Å². The van der Waals surface area contributed by atoms with E-state index in [1.54, 1.807) is 18.6 Å². The lowest BCUT2D eigenvalue weighted by Gasteiger charge is -2.28. The first kappa shape index (κ1) is 24.4. The number of aromatic nitrogens is 5. The summed E-state index contributed by atoms with van der Waals surface area (Å²) >= 11 is 0. The highest BCUT2D eigenvalue weighted by Crippen LogP contribution is 2.27. The number of morpholine rings is 1. The van der Waals surface area contributed by atoms with Crippen molar-refractivity contribution in [3.05, 3.63) is 55.1 Å². The van der Waals surface area contributed by atoms with Gasteiger partial charge in [-0.25, -0.2) is 15.0 Å². The van der Waals surface area contributed by atoms with Crippen LogP contribution in [0.4, 0.5) is 17.5 Å². The van der Waals surface area contributed by atoms with Gasteiger partial charge < -0.3 is 25.0 Å². The van der Waals surface area contributed by atoms with Crippen molar-refractivity contribution in [3.63, 3.8) is 0 Å². The van der Waals surface area contributed by atoms with Gasteiger partial charge in [-0.2, -0.15) is 0 Å². The highest BCUT2D eigenvalue weighted by Gasteiger charge is 2.14. The van der Waals surface area contributed by atoms with Crippen LogP contribution in [0.2, 0.25) is 0 Å². The molecule has 6 rings (SSSR count). The minimum absolute atomic E-state index is 0.474. The lowest BCUT2D eigenvalue weighted by Crippen LogP contribution is -2.43. The number of nitrogens with one attached hydrogen (secondary N) is 2. The molecule has 2 saturated heterocycles. The van der Waals surface area contributed by atoms with E-state index >= 15 is 0 Å². The summed E-state index contributed by atoms with van der Waals surface area (Å²) < 4.78 is 11.4. The van der Waals surface area contributed by atoms with E-state index in [0.717, 1.165) is 81.7 Å². The summed E-state index contributed by atoms with van der Waals surface area (Å²) in [4.78, 5) is 27.7. The first-order valence-corrected chi connectivity index (χ1v) is 13.0. The molecule has 0 unspecified atom stereocenters. The number of anilines is 3. The van der Waals surface area contributed by atoms with Crippen LogP contribution < -0.4 is 20.3 Å². The van der Waals surface area contributed by atoms with Gasteiger partial charge in [0.05, 0.1) is 30.8 Å². The van der Waals surface area contributed by atoms with Crippen molar-refractivity contribution in [2.45, 2.75) is 0 Å². The van der Waals surface area contributed by atoms with E-state index in [0.29, 0.717) is 29.5 Å². The van der Waals surface area contributed by atoms with E-state index in [1.807, 2.05) is 36.5 Å². The van der Waals surface area contributed by atoms with E-state index in [4.69, 9.17) is 14.5 Å². The maximum atomic E-state index is 6.03. The summed E-state index contributed by atoms with van der Waals surface area (Å²) in [5.74, 6) is 2.20. The number of hydrogen-bond acceptors (Lipinski definition) is 11. The molecule has 0 bridgehead atoms. The van der Waals surface area contributed by atoms with Crippen LogP contribution >= 0.6 is 0 Å². The van der Waals surface area contributed by atoms with Crippen molar-refractivity contribution in [2.75, 3.05) is 75.9 Å². The Bertz CT molecular complexity index is 1360. The highest BCUT2D eigenvalue weighted by molar-refractivity contribution is 5.90. The summed E-state index contributed by atoms with van der Waals surface area (Å²) in [7, 11) is 0. The van der Waals surface area contributed by atoms with Crippen LogP contribution in [0.1, 0.15) is 0 Å².